The monoisotopic (exact) mass is 263 g/mol. The molecule has 1 aromatic heterocycles. The van der Waals surface area contributed by atoms with Crippen molar-refractivity contribution in [3.05, 3.63) is 77.2 Å². The zero-order valence-electron chi connectivity index (χ0n) is 10.7. The van der Waals surface area contributed by atoms with Gasteiger partial charge in [-0.3, -0.25) is 9.78 Å². The summed E-state index contributed by atoms with van der Waals surface area (Å²) < 4.78 is 0. The van der Waals surface area contributed by atoms with Crippen molar-refractivity contribution in [1.29, 1.82) is 0 Å². The number of hydrogen-bond acceptors (Lipinski definition) is 3. The Morgan fingerprint density at radius 1 is 0.900 bits per heavy atom. The molecule has 2 aromatic carbocycles. The fourth-order valence-corrected chi connectivity index (χ4v) is 1.98. The zero-order valence-corrected chi connectivity index (χ0v) is 10.7. The lowest BCUT2D eigenvalue weighted by Gasteiger charge is -2.07. The topological polar surface area (TPSA) is 57.8 Å². The van der Waals surface area contributed by atoms with Crippen LogP contribution in [0.15, 0.2) is 71.7 Å². The maximum Gasteiger partial charge on any atom is 0.252 e. The van der Waals surface area contributed by atoms with Crippen LogP contribution in [0.1, 0.15) is 0 Å². The van der Waals surface area contributed by atoms with Gasteiger partial charge in [-0.1, -0.05) is 42.5 Å². The minimum atomic E-state index is -0.179. The number of anilines is 2. The van der Waals surface area contributed by atoms with Gasteiger partial charge in [-0.25, -0.2) is 4.98 Å². The van der Waals surface area contributed by atoms with E-state index in [1.54, 1.807) is 0 Å². The van der Waals surface area contributed by atoms with Crippen molar-refractivity contribution < 1.29 is 0 Å². The normalized spacial score (nSPS) is 10.2. The highest BCUT2D eigenvalue weighted by Crippen LogP contribution is 2.23. The molecule has 3 aromatic rings. The summed E-state index contributed by atoms with van der Waals surface area (Å²) in [6.07, 6.45) is 1.47. The van der Waals surface area contributed by atoms with Crippen molar-refractivity contribution >= 4 is 11.6 Å². The Balaban J connectivity index is 1.90. The molecule has 0 bridgehead atoms. The highest BCUT2D eigenvalue weighted by Gasteiger charge is 2.00. The first-order valence-corrected chi connectivity index (χ1v) is 6.29. The number of aromatic nitrogens is 2. The highest BCUT2D eigenvalue weighted by molar-refractivity contribution is 5.69. The Morgan fingerprint density at radius 2 is 1.70 bits per heavy atom. The summed E-state index contributed by atoms with van der Waals surface area (Å²) in [7, 11) is 0. The van der Waals surface area contributed by atoms with Gasteiger partial charge >= 0.3 is 0 Å². The second-order valence-electron chi connectivity index (χ2n) is 4.35. The Hall–Kier alpha value is -2.88. The van der Waals surface area contributed by atoms with E-state index >= 15 is 0 Å². The van der Waals surface area contributed by atoms with E-state index in [2.05, 4.69) is 27.4 Å². The van der Waals surface area contributed by atoms with Crippen molar-refractivity contribution in [3.8, 4) is 11.1 Å². The average molecular weight is 263 g/mol. The molecule has 0 aliphatic rings. The van der Waals surface area contributed by atoms with Crippen molar-refractivity contribution in [2.75, 3.05) is 5.32 Å². The molecule has 2 N–H and O–H groups in total. The summed E-state index contributed by atoms with van der Waals surface area (Å²) in [6.45, 7) is 0. The van der Waals surface area contributed by atoms with Crippen molar-refractivity contribution in [2.24, 2.45) is 0 Å². The van der Waals surface area contributed by atoms with E-state index in [4.69, 9.17) is 0 Å². The third-order valence-corrected chi connectivity index (χ3v) is 2.90. The summed E-state index contributed by atoms with van der Waals surface area (Å²) >= 11 is 0. The fraction of sp³-hybridized carbons (Fsp3) is 0. The van der Waals surface area contributed by atoms with Gasteiger partial charge in [0.05, 0.1) is 0 Å². The summed E-state index contributed by atoms with van der Waals surface area (Å²) in [4.78, 5) is 17.9. The third-order valence-electron chi connectivity index (χ3n) is 2.90. The second-order valence-corrected chi connectivity index (χ2v) is 4.35. The number of aromatic amines is 1. The van der Waals surface area contributed by atoms with Crippen LogP contribution in [-0.4, -0.2) is 9.97 Å². The maximum absolute atomic E-state index is 11.2. The van der Waals surface area contributed by atoms with Gasteiger partial charge in [0, 0.05) is 18.0 Å². The SMILES string of the molecule is O=c1ccnc(Nc2cccc(-c3ccccc3)c2)[nH]1. The number of nitrogens with one attached hydrogen (secondary N) is 2. The standard InChI is InChI=1S/C16H13N3O/c20-15-9-10-17-16(19-15)18-14-8-4-7-13(11-14)12-5-2-1-3-6-12/h1-11H,(H2,17,18,19,20). The summed E-state index contributed by atoms with van der Waals surface area (Å²) in [5.41, 5.74) is 2.95. The van der Waals surface area contributed by atoms with E-state index in [0.717, 1.165) is 16.8 Å². The van der Waals surface area contributed by atoms with E-state index < -0.39 is 0 Å². The molecule has 0 radical (unpaired) electrons. The lowest BCUT2D eigenvalue weighted by Crippen LogP contribution is -2.08. The van der Waals surface area contributed by atoms with Crippen LogP contribution in [0, 0.1) is 0 Å². The Labute approximate surface area is 116 Å². The van der Waals surface area contributed by atoms with Crippen LogP contribution in [-0.2, 0) is 0 Å². The first kappa shape index (κ1) is 12.2. The van der Waals surface area contributed by atoms with Crippen molar-refractivity contribution in [1.82, 2.24) is 9.97 Å². The van der Waals surface area contributed by atoms with Gasteiger partial charge < -0.3 is 5.32 Å². The molecule has 0 saturated heterocycles. The largest absolute Gasteiger partial charge is 0.326 e. The number of nitrogens with zero attached hydrogens (tertiary/aromatic N) is 1. The predicted octanol–water partition coefficient (Wildman–Crippen LogP) is 3.18. The van der Waals surface area contributed by atoms with Crippen molar-refractivity contribution in [2.45, 2.75) is 0 Å². The molecule has 0 fully saturated rings. The summed E-state index contributed by atoms with van der Waals surface area (Å²) in [5, 5.41) is 3.09. The lowest BCUT2D eigenvalue weighted by molar-refractivity contribution is 1.12. The molecule has 20 heavy (non-hydrogen) atoms. The van der Waals surface area contributed by atoms with Gasteiger partial charge in [-0.05, 0) is 23.3 Å². The molecule has 98 valence electrons. The average Bonchev–Trinajstić information content (AvgIpc) is 2.48. The van der Waals surface area contributed by atoms with Gasteiger partial charge in [-0.15, -0.1) is 0 Å². The van der Waals surface area contributed by atoms with E-state index in [0.29, 0.717) is 5.95 Å². The molecule has 0 aliphatic heterocycles. The van der Waals surface area contributed by atoms with E-state index in [1.807, 2.05) is 42.5 Å². The molecule has 3 rings (SSSR count). The molecule has 0 spiro atoms. The Kier molecular flexibility index (Phi) is 3.29. The van der Waals surface area contributed by atoms with Gasteiger partial charge in [0.1, 0.15) is 0 Å². The molecule has 4 heteroatoms. The molecule has 0 aliphatic carbocycles. The second kappa shape index (κ2) is 5.40. The van der Waals surface area contributed by atoms with Crippen LogP contribution in [0.5, 0.6) is 0 Å². The van der Waals surface area contributed by atoms with Crippen LogP contribution in [0.3, 0.4) is 0 Å². The van der Waals surface area contributed by atoms with Gasteiger partial charge in [-0.2, -0.15) is 0 Å². The van der Waals surface area contributed by atoms with E-state index in [-0.39, 0.29) is 5.56 Å². The molecule has 4 nitrogen and oxygen atoms in total. The van der Waals surface area contributed by atoms with Gasteiger partial charge in [0.2, 0.25) is 5.95 Å². The Bertz CT molecular complexity index is 766. The molecule has 0 saturated carbocycles. The summed E-state index contributed by atoms with van der Waals surface area (Å²) in [6, 6.07) is 19.5. The minimum absolute atomic E-state index is 0.179. The quantitative estimate of drug-likeness (QED) is 0.763. The first-order chi connectivity index (χ1) is 9.81. The number of H-pyrrole nitrogens is 1. The third kappa shape index (κ3) is 2.75. The Morgan fingerprint density at radius 3 is 2.50 bits per heavy atom. The maximum atomic E-state index is 11.2. The van der Waals surface area contributed by atoms with Gasteiger partial charge in [0.15, 0.2) is 0 Å². The zero-order chi connectivity index (χ0) is 13.8. The number of rotatable bonds is 3. The molecule has 0 amide bonds. The number of benzene rings is 2. The van der Waals surface area contributed by atoms with E-state index in [1.165, 1.54) is 12.3 Å². The van der Waals surface area contributed by atoms with Crippen LogP contribution >= 0.6 is 0 Å². The fourth-order valence-electron chi connectivity index (χ4n) is 1.98. The molecule has 0 atom stereocenters. The molecule has 1 heterocycles. The number of hydrogen-bond donors (Lipinski definition) is 2. The molecular formula is C16H13N3O. The minimum Gasteiger partial charge on any atom is -0.326 e. The van der Waals surface area contributed by atoms with Crippen LogP contribution < -0.4 is 10.9 Å². The van der Waals surface area contributed by atoms with Crippen LogP contribution in [0.4, 0.5) is 11.6 Å². The molecular weight excluding hydrogens is 250 g/mol. The predicted molar refractivity (Wildman–Crippen MR) is 80.0 cm³/mol. The summed E-state index contributed by atoms with van der Waals surface area (Å²) in [5.74, 6) is 0.433. The molecule has 0 unspecified atom stereocenters. The highest BCUT2D eigenvalue weighted by atomic mass is 16.1. The van der Waals surface area contributed by atoms with Crippen molar-refractivity contribution in [3.63, 3.8) is 0 Å². The van der Waals surface area contributed by atoms with Crippen LogP contribution in [0.2, 0.25) is 0 Å². The van der Waals surface area contributed by atoms with Crippen LogP contribution in [0.25, 0.3) is 11.1 Å². The smallest absolute Gasteiger partial charge is 0.252 e. The van der Waals surface area contributed by atoms with E-state index in [9.17, 15) is 4.79 Å². The first-order valence-electron chi connectivity index (χ1n) is 6.29. The van der Waals surface area contributed by atoms with Gasteiger partial charge in [0.25, 0.3) is 5.56 Å². The lowest BCUT2D eigenvalue weighted by atomic mass is 10.1.